The van der Waals surface area contributed by atoms with E-state index in [0.29, 0.717) is 11.9 Å². The number of allylic oxidation sites excluding steroid dienone is 1. The summed E-state index contributed by atoms with van der Waals surface area (Å²) in [5.41, 5.74) is 3.49. The number of ether oxygens (including phenoxy) is 2. The summed E-state index contributed by atoms with van der Waals surface area (Å²) in [7, 11) is 0. The van der Waals surface area contributed by atoms with Gasteiger partial charge in [-0.1, -0.05) is 11.1 Å². The Morgan fingerprint density at radius 1 is 1.40 bits per heavy atom. The molecule has 8 nitrogen and oxygen atoms in total. The number of benzene rings is 1. The number of hydrogen-bond acceptors (Lipinski definition) is 6. The Morgan fingerprint density at radius 3 is 3.03 bits per heavy atom. The van der Waals surface area contributed by atoms with E-state index in [9.17, 15) is 14.9 Å². The first-order valence-electron chi connectivity index (χ1n) is 10.5. The maximum absolute atomic E-state index is 12.9. The molecule has 4 aliphatic rings. The Morgan fingerprint density at radius 2 is 2.23 bits per heavy atom. The standard InChI is InChI=1S/C22H23N3O5/c1-11-3-5-14-16(10-24-17-6-4-13(25(27)28)7-12(17)9-23-24)21(26)29-20(14)19-15(11)8-18-22(19,2)30-18/h4,6-7,9,14,16,18-20H,3,5,8,10H2,1-2H3/t14?,16?,18-,19?,20+,22-/m1/s1. The normalized spacial score (nSPS) is 36.9. The summed E-state index contributed by atoms with van der Waals surface area (Å²) in [6, 6.07) is 4.70. The zero-order chi connectivity index (χ0) is 20.8. The molecule has 3 unspecified atom stereocenters. The number of nitrogens with zero attached hydrogens (tertiary/aromatic N) is 3. The molecule has 1 aromatic carbocycles. The summed E-state index contributed by atoms with van der Waals surface area (Å²) in [6.45, 7) is 4.78. The Balaban J connectivity index is 1.32. The van der Waals surface area contributed by atoms with E-state index < -0.39 is 4.92 Å². The molecule has 30 heavy (non-hydrogen) atoms. The van der Waals surface area contributed by atoms with Crippen molar-refractivity contribution in [3.8, 4) is 0 Å². The van der Waals surface area contributed by atoms with Crippen LogP contribution in [0.25, 0.3) is 10.9 Å². The van der Waals surface area contributed by atoms with Crippen LogP contribution in [0.1, 0.15) is 33.1 Å². The van der Waals surface area contributed by atoms with Crippen molar-refractivity contribution in [2.45, 2.75) is 57.5 Å². The molecule has 156 valence electrons. The third-order valence-electron chi connectivity index (χ3n) is 7.81. The van der Waals surface area contributed by atoms with Crippen molar-refractivity contribution in [1.29, 1.82) is 0 Å². The van der Waals surface area contributed by atoms with Gasteiger partial charge < -0.3 is 9.47 Å². The molecule has 1 aromatic heterocycles. The maximum Gasteiger partial charge on any atom is 0.311 e. The summed E-state index contributed by atoms with van der Waals surface area (Å²) in [4.78, 5) is 23.6. The summed E-state index contributed by atoms with van der Waals surface area (Å²) >= 11 is 0. The van der Waals surface area contributed by atoms with Gasteiger partial charge in [-0.2, -0.15) is 5.10 Å². The van der Waals surface area contributed by atoms with Crippen LogP contribution in [0.5, 0.6) is 0 Å². The van der Waals surface area contributed by atoms with Gasteiger partial charge in [0.2, 0.25) is 0 Å². The first kappa shape index (κ1) is 18.1. The van der Waals surface area contributed by atoms with Crippen LogP contribution in [0, 0.1) is 27.9 Å². The van der Waals surface area contributed by atoms with Crippen LogP contribution in [0.15, 0.2) is 35.5 Å². The first-order valence-corrected chi connectivity index (χ1v) is 10.5. The van der Waals surface area contributed by atoms with E-state index in [1.807, 2.05) is 0 Å². The van der Waals surface area contributed by atoms with Crippen molar-refractivity contribution >= 4 is 22.6 Å². The smallest absolute Gasteiger partial charge is 0.311 e. The van der Waals surface area contributed by atoms with Crippen LogP contribution in [-0.2, 0) is 20.8 Å². The minimum atomic E-state index is -0.413. The molecule has 2 aliphatic heterocycles. The first-order chi connectivity index (χ1) is 14.4. The highest BCUT2D eigenvalue weighted by Crippen LogP contribution is 2.62. The molecular formula is C22H23N3O5. The lowest BCUT2D eigenvalue weighted by Gasteiger charge is -2.28. The topological polar surface area (TPSA) is 99.8 Å². The minimum Gasteiger partial charge on any atom is -0.461 e. The number of fused-ring (bicyclic) bond motifs is 6. The summed E-state index contributed by atoms with van der Waals surface area (Å²) in [6.07, 6.45) is 4.59. The van der Waals surface area contributed by atoms with Crippen LogP contribution >= 0.6 is 0 Å². The van der Waals surface area contributed by atoms with E-state index in [4.69, 9.17) is 9.47 Å². The average Bonchev–Trinajstić information content (AvgIpc) is 2.98. The average molecular weight is 409 g/mol. The number of esters is 1. The molecule has 0 bridgehead atoms. The molecule has 6 atom stereocenters. The van der Waals surface area contributed by atoms with Gasteiger partial charge in [-0.25, -0.2) is 0 Å². The highest BCUT2D eigenvalue weighted by Gasteiger charge is 2.69. The van der Waals surface area contributed by atoms with Gasteiger partial charge in [0.1, 0.15) is 11.7 Å². The number of epoxide rings is 1. The van der Waals surface area contributed by atoms with Gasteiger partial charge in [-0.05, 0) is 39.2 Å². The van der Waals surface area contributed by atoms with E-state index in [-0.39, 0.29) is 47.2 Å². The molecule has 0 amide bonds. The zero-order valence-corrected chi connectivity index (χ0v) is 16.9. The van der Waals surface area contributed by atoms with Crippen LogP contribution in [-0.4, -0.2) is 38.5 Å². The Hall–Kier alpha value is -2.74. The fourth-order valence-corrected chi connectivity index (χ4v) is 6.09. The number of rotatable bonds is 3. The summed E-state index contributed by atoms with van der Waals surface area (Å²) < 4.78 is 13.8. The Kier molecular flexibility index (Phi) is 3.56. The third-order valence-corrected chi connectivity index (χ3v) is 7.81. The molecule has 3 heterocycles. The third kappa shape index (κ3) is 2.37. The van der Waals surface area contributed by atoms with Crippen molar-refractivity contribution in [2.24, 2.45) is 17.8 Å². The predicted octanol–water partition coefficient (Wildman–Crippen LogP) is 3.39. The van der Waals surface area contributed by atoms with Crippen LogP contribution in [0.2, 0.25) is 0 Å². The largest absolute Gasteiger partial charge is 0.461 e. The fourth-order valence-electron chi connectivity index (χ4n) is 6.09. The number of hydrogen-bond donors (Lipinski definition) is 0. The van der Waals surface area contributed by atoms with E-state index in [2.05, 4.69) is 18.9 Å². The van der Waals surface area contributed by atoms with Crippen LogP contribution < -0.4 is 0 Å². The molecule has 3 fully saturated rings. The van der Waals surface area contributed by atoms with Gasteiger partial charge in [0.25, 0.3) is 5.69 Å². The number of non-ortho nitro benzene ring substituents is 1. The second-order valence-corrected chi connectivity index (χ2v) is 9.32. The zero-order valence-electron chi connectivity index (χ0n) is 16.9. The van der Waals surface area contributed by atoms with Crippen LogP contribution in [0.4, 0.5) is 5.69 Å². The predicted molar refractivity (Wildman–Crippen MR) is 107 cm³/mol. The molecule has 2 aliphatic carbocycles. The molecule has 2 aromatic rings. The number of carbonyl (C=O) groups excluding carboxylic acids is 1. The molecule has 0 N–H and O–H groups in total. The van der Waals surface area contributed by atoms with Gasteiger partial charge in [0.05, 0.1) is 35.2 Å². The van der Waals surface area contributed by atoms with Gasteiger partial charge in [0, 0.05) is 29.4 Å². The molecule has 0 spiro atoms. The van der Waals surface area contributed by atoms with E-state index in [1.165, 1.54) is 23.3 Å². The van der Waals surface area contributed by atoms with Gasteiger partial charge >= 0.3 is 5.97 Å². The van der Waals surface area contributed by atoms with Crippen molar-refractivity contribution in [2.75, 3.05) is 0 Å². The molecule has 1 saturated carbocycles. The van der Waals surface area contributed by atoms with Crippen molar-refractivity contribution in [1.82, 2.24) is 9.78 Å². The van der Waals surface area contributed by atoms with E-state index in [0.717, 1.165) is 24.8 Å². The highest BCUT2D eigenvalue weighted by atomic mass is 16.6. The number of aromatic nitrogens is 2. The fraction of sp³-hybridized carbons (Fsp3) is 0.545. The second-order valence-electron chi connectivity index (χ2n) is 9.32. The molecule has 0 radical (unpaired) electrons. The van der Waals surface area contributed by atoms with Gasteiger partial charge in [-0.3, -0.25) is 19.6 Å². The summed E-state index contributed by atoms with van der Waals surface area (Å²) in [5, 5.41) is 16.2. The lowest BCUT2D eigenvalue weighted by atomic mass is 9.78. The molecule has 6 rings (SSSR count). The number of nitro groups is 1. The SMILES string of the molecule is CC1=C2C[C@H]3O[C@@]3(C)C2[C@H]2OC(=O)C(Cn3ncc4cc([N+](=O)[O-])ccc43)C2CC1. The molecular weight excluding hydrogens is 386 g/mol. The minimum absolute atomic E-state index is 0.0358. The highest BCUT2D eigenvalue weighted by molar-refractivity contribution is 5.81. The molecule has 8 heteroatoms. The number of nitro benzene ring substituents is 1. The van der Waals surface area contributed by atoms with E-state index in [1.54, 1.807) is 16.9 Å². The lowest BCUT2D eigenvalue weighted by Crippen LogP contribution is -2.36. The van der Waals surface area contributed by atoms with Crippen molar-refractivity contribution in [3.63, 3.8) is 0 Å². The van der Waals surface area contributed by atoms with E-state index >= 15 is 0 Å². The monoisotopic (exact) mass is 409 g/mol. The van der Waals surface area contributed by atoms with Gasteiger partial charge in [-0.15, -0.1) is 0 Å². The van der Waals surface area contributed by atoms with Crippen molar-refractivity contribution in [3.05, 3.63) is 45.7 Å². The lowest BCUT2D eigenvalue weighted by molar-refractivity contribution is -0.384. The quantitative estimate of drug-likeness (QED) is 0.253. The van der Waals surface area contributed by atoms with Gasteiger partial charge in [0.15, 0.2) is 0 Å². The summed E-state index contributed by atoms with van der Waals surface area (Å²) in [5.74, 6) is -0.169. The molecule has 2 saturated heterocycles. The van der Waals surface area contributed by atoms with Crippen LogP contribution in [0.3, 0.4) is 0 Å². The maximum atomic E-state index is 12.9. The Bertz CT molecular complexity index is 1140. The Labute approximate surface area is 173 Å². The van der Waals surface area contributed by atoms with Crippen molar-refractivity contribution < 1.29 is 19.2 Å². The number of carbonyl (C=O) groups is 1. The second kappa shape index (κ2) is 5.91.